The maximum absolute atomic E-state index is 9.53. The zero-order chi connectivity index (χ0) is 15.3. The number of rotatable bonds is 4. The van der Waals surface area contributed by atoms with Crippen molar-refractivity contribution in [2.75, 3.05) is 0 Å². The van der Waals surface area contributed by atoms with Crippen molar-refractivity contribution in [2.45, 2.75) is 0 Å². The van der Waals surface area contributed by atoms with Gasteiger partial charge in [0.05, 0.1) is 0 Å². The molecule has 0 radical (unpaired) electrons. The third-order valence-corrected chi connectivity index (χ3v) is 10.9. The summed E-state index contributed by atoms with van der Waals surface area (Å²) < 4.78 is 0. The van der Waals surface area contributed by atoms with Crippen LogP contribution in [0.5, 0.6) is 0 Å². The van der Waals surface area contributed by atoms with Crippen LogP contribution in [0.2, 0.25) is 0 Å². The van der Waals surface area contributed by atoms with Crippen molar-refractivity contribution >= 4 is 33.8 Å². The molecule has 0 saturated carbocycles. The number of nitrogens with zero attached hydrogens (tertiary/aromatic N) is 1. The standard InChI is InChI=1S/C19H16NPS/c20-16-22-21(17-10-4-1-5-11-17,18-12-6-2-7-13-18)19-14-8-3-9-15-19/h1-15,21H. The molecule has 0 N–H and O–H groups in total. The summed E-state index contributed by atoms with van der Waals surface area (Å²) in [6, 6.07) is 31.3. The van der Waals surface area contributed by atoms with E-state index < -0.39 is 6.46 Å². The Balaban J connectivity index is 2.32. The average molecular weight is 321 g/mol. The number of hydrogen-bond donors (Lipinski definition) is 0. The van der Waals surface area contributed by atoms with Gasteiger partial charge in [0.15, 0.2) is 0 Å². The van der Waals surface area contributed by atoms with Gasteiger partial charge in [0.2, 0.25) is 0 Å². The first-order chi connectivity index (χ1) is 10.9. The van der Waals surface area contributed by atoms with Crippen molar-refractivity contribution in [2.24, 2.45) is 0 Å². The fourth-order valence-electron chi connectivity index (χ4n) is 2.76. The summed E-state index contributed by atoms with van der Waals surface area (Å²) in [6.07, 6.45) is 0. The molecule has 0 aliphatic rings. The Morgan fingerprint density at radius 3 is 1.18 bits per heavy atom. The Morgan fingerprint density at radius 1 is 0.591 bits per heavy atom. The van der Waals surface area contributed by atoms with Crippen LogP contribution in [-0.2, 0) is 0 Å². The summed E-state index contributed by atoms with van der Waals surface area (Å²) in [6.45, 7) is -2.37. The first-order valence-corrected chi connectivity index (χ1v) is 10.7. The minimum absolute atomic E-state index is 1.25. The molecule has 3 heteroatoms. The van der Waals surface area contributed by atoms with Gasteiger partial charge >= 0.3 is 135 Å². The first kappa shape index (κ1) is 14.9. The van der Waals surface area contributed by atoms with Gasteiger partial charge in [-0.3, -0.25) is 0 Å². The minimum atomic E-state index is -2.37. The van der Waals surface area contributed by atoms with Gasteiger partial charge in [-0.2, -0.15) is 0 Å². The number of nitriles is 1. The molecule has 0 bridgehead atoms. The maximum atomic E-state index is 9.53. The summed E-state index contributed by atoms with van der Waals surface area (Å²) >= 11 is 1.43. The van der Waals surface area contributed by atoms with Gasteiger partial charge in [-0.15, -0.1) is 0 Å². The van der Waals surface area contributed by atoms with Gasteiger partial charge in [-0.25, -0.2) is 0 Å². The van der Waals surface area contributed by atoms with E-state index in [1.165, 1.54) is 27.3 Å². The Kier molecular flexibility index (Phi) is 4.59. The van der Waals surface area contributed by atoms with Crippen molar-refractivity contribution in [3.05, 3.63) is 91.0 Å². The molecule has 0 aliphatic heterocycles. The van der Waals surface area contributed by atoms with Crippen molar-refractivity contribution in [3.63, 3.8) is 0 Å². The SMILES string of the molecule is N#CS[PH](c1ccccc1)(c1ccccc1)c1ccccc1. The van der Waals surface area contributed by atoms with Crippen LogP contribution in [0.15, 0.2) is 91.0 Å². The predicted molar refractivity (Wildman–Crippen MR) is 99.7 cm³/mol. The van der Waals surface area contributed by atoms with E-state index >= 15 is 0 Å². The fourth-order valence-corrected chi connectivity index (χ4v) is 8.94. The molecule has 0 unspecified atom stereocenters. The van der Waals surface area contributed by atoms with Crippen LogP contribution in [0, 0.1) is 10.7 Å². The van der Waals surface area contributed by atoms with E-state index in [4.69, 9.17) is 0 Å². The molecule has 3 aromatic carbocycles. The van der Waals surface area contributed by atoms with E-state index in [0.29, 0.717) is 0 Å². The normalized spacial score (nSPS) is 11.6. The molecule has 0 fully saturated rings. The van der Waals surface area contributed by atoms with Crippen LogP contribution in [0.1, 0.15) is 0 Å². The van der Waals surface area contributed by atoms with E-state index in [1.807, 2.05) is 18.2 Å². The van der Waals surface area contributed by atoms with Crippen LogP contribution in [-0.4, -0.2) is 0 Å². The van der Waals surface area contributed by atoms with Gasteiger partial charge in [0, 0.05) is 0 Å². The molecule has 0 atom stereocenters. The van der Waals surface area contributed by atoms with Crippen LogP contribution in [0.4, 0.5) is 0 Å². The second-order valence-electron chi connectivity index (χ2n) is 4.97. The Labute approximate surface area is 135 Å². The Bertz CT molecular complexity index is 670. The van der Waals surface area contributed by atoms with Crippen LogP contribution < -0.4 is 15.9 Å². The molecule has 22 heavy (non-hydrogen) atoms. The molecule has 108 valence electrons. The van der Waals surface area contributed by atoms with Crippen molar-refractivity contribution in [1.29, 1.82) is 5.26 Å². The molecule has 0 heterocycles. The molecule has 0 aromatic heterocycles. The van der Waals surface area contributed by atoms with E-state index in [2.05, 4.69) is 78.2 Å². The predicted octanol–water partition coefficient (Wildman–Crippen LogP) is 3.84. The number of thiocyanates is 1. The second kappa shape index (κ2) is 6.79. The van der Waals surface area contributed by atoms with Gasteiger partial charge in [0.25, 0.3) is 0 Å². The fraction of sp³-hybridized carbons (Fsp3) is 0. The molecule has 0 aliphatic carbocycles. The zero-order valence-electron chi connectivity index (χ0n) is 12.0. The summed E-state index contributed by atoms with van der Waals surface area (Å²) in [5.74, 6) is 0. The molecule has 3 aromatic rings. The summed E-state index contributed by atoms with van der Waals surface area (Å²) in [4.78, 5) is 0. The third-order valence-electron chi connectivity index (χ3n) is 3.74. The van der Waals surface area contributed by atoms with E-state index in [0.717, 1.165) is 0 Å². The van der Waals surface area contributed by atoms with Crippen LogP contribution in [0.3, 0.4) is 0 Å². The van der Waals surface area contributed by atoms with Gasteiger partial charge in [0.1, 0.15) is 0 Å². The molecule has 1 nitrogen and oxygen atoms in total. The molecule has 3 rings (SSSR count). The topological polar surface area (TPSA) is 23.8 Å². The average Bonchev–Trinajstić information content (AvgIpc) is 2.62. The zero-order valence-corrected chi connectivity index (χ0v) is 13.8. The molecule has 0 amide bonds. The quantitative estimate of drug-likeness (QED) is 0.538. The number of benzene rings is 3. The van der Waals surface area contributed by atoms with E-state index in [-0.39, 0.29) is 0 Å². The van der Waals surface area contributed by atoms with Gasteiger partial charge in [-0.1, -0.05) is 0 Å². The van der Waals surface area contributed by atoms with Crippen LogP contribution >= 0.6 is 17.8 Å². The van der Waals surface area contributed by atoms with Gasteiger partial charge < -0.3 is 0 Å². The summed E-state index contributed by atoms with van der Waals surface area (Å²) in [5, 5.41) is 15.7. The molecular weight excluding hydrogens is 305 g/mol. The van der Waals surface area contributed by atoms with Gasteiger partial charge in [-0.05, 0) is 0 Å². The van der Waals surface area contributed by atoms with E-state index in [9.17, 15) is 5.26 Å². The van der Waals surface area contributed by atoms with Crippen molar-refractivity contribution in [3.8, 4) is 5.40 Å². The summed E-state index contributed by atoms with van der Waals surface area (Å²) in [5.41, 5.74) is 0. The Morgan fingerprint density at radius 2 is 0.909 bits per heavy atom. The van der Waals surface area contributed by atoms with E-state index in [1.54, 1.807) is 0 Å². The van der Waals surface area contributed by atoms with Crippen molar-refractivity contribution in [1.82, 2.24) is 0 Å². The second-order valence-corrected chi connectivity index (χ2v) is 10.9. The molecule has 0 saturated heterocycles. The monoisotopic (exact) mass is 321 g/mol. The molecule has 0 spiro atoms. The number of hydrogen-bond acceptors (Lipinski definition) is 2. The first-order valence-electron chi connectivity index (χ1n) is 7.11. The molecular formula is C19H16NPS. The Hall–Kier alpha value is -2.07. The summed E-state index contributed by atoms with van der Waals surface area (Å²) in [7, 11) is 0. The third kappa shape index (κ3) is 2.66. The van der Waals surface area contributed by atoms with Crippen LogP contribution in [0.25, 0.3) is 0 Å². The van der Waals surface area contributed by atoms with Crippen molar-refractivity contribution < 1.29 is 0 Å².